The first-order chi connectivity index (χ1) is 8.97. The van der Waals surface area contributed by atoms with E-state index in [1.54, 1.807) is 6.20 Å². The van der Waals surface area contributed by atoms with Gasteiger partial charge in [0.15, 0.2) is 0 Å². The Balaban J connectivity index is 2.21. The third-order valence-corrected chi connectivity index (χ3v) is 3.56. The van der Waals surface area contributed by atoms with Crippen LogP contribution in [-0.4, -0.2) is 54.3 Å². The smallest absolute Gasteiger partial charge is 0.129 e. The van der Waals surface area contributed by atoms with Crippen LogP contribution >= 0.6 is 0 Å². The van der Waals surface area contributed by atoms with Crippen molar-refractivity contribution in [3.63, 3.8) is 0 Å². The molecule has 1 fully saturated rings. The number of anilines is 1. The van der Waals surface area contributed by atoms with Gasteiger partial charge < -0.3 is 20.6 Å². The van der Waals surface area contributed by atoms with Gasteiger partial charge in [-0.2, -0.15) is 0 Å². The lowest BCUT2D eigenvalue weighted by atomic mass is 10.1. The summed E-state index contributed by atoms with van der Waals surface area (Å²) in [6.45, 7) is 3.53. The van der Waals surface area contributed by atoms with Gasteiger partial charge in [-0.1, -0.05) is 0 Å². The van der Waals surface area contributed by atoms with E-state index in [1.807, 2.05) is 19.1 Å². The van der Waals surface area contributed by atoms with E-state index in [0.29, 0.717) is 12.6 Å². The zero-order valence-electron chi connectivity index (χ0n) is 12.0. The fourth-order valence-electron chi connectivity index (χ4n) is 2.64. The molecule has 0 amide bonds. The minimum absolute atomic E-state index is 0.00146. The summed E-state index contributed by atoms with van der Waals surface area (Å²) in [7, 11) is 4.10. The van der Waals surface area contributed by atoms with E-state index >= 15 is 0 Å². The Morgan fingerprint density at radius 2 is 2.32 bits per heavy atom. The maximum atomic E-state index is 9.91. The molecule has 3 N–H and O–H groups in total. The Morgan fingerprint density at radius 3 is 2.95 bits per heavy atom. The normalized spacial score (nSPS) is 25.1. The lowest BCUT2D eigenvalue weighted by molar-refractivity contribution is 0.191. The van der Waals surface area contributed by atoms with Crippen molar-refractivity contribution in [1.29, 1.82) is 0 Å². The number of likely N-dealkylation sites (N-methyl/N-ethyl adjacent to an activating group) is 1. The van der Waals surface area contributed by atoms with E-state index in [2.05, 4.69) is 28.9 Å². The largest absolute Gasteiger partial charge is 0.391 e. The summed E-state index contributed by atoms with van der Waals surface area (Å²) in [6.07, 6.45) is 2.32. The predicted octanol–water partition coefficient (Wildman–Crippen LogP) is 0.602. The van der Waals surface area contributed by atoms with Gasteiger partial charge in [-0.05, 0) is 45.1 Å². The molecule has 0 radical (unpaired) electrons. The number of pyridine rings is 1. The Labute approximate surface area is 115 Å². The van der Waals surface area contributed by atoms with Crippen molar-refractivity contribution in [3.8, 4) is 0 Å². The molecule has 19 heavy (non-hydrogen) atoms. The van der Waals surface area contributed by atoms with Crippen LogP contribution in [0.5, 0.6) is 0 Å². The molecule has 106 valence electrons. The van der Waals surface area contributed by atoms with Crippen LogP contribution in [0.3, 0.4) is 0 Å². The lowest BCUT2D eigenvalue weighted by Crippen LogP contribution is -2.38. The number of aliphatic hydroxyl groups excluding tert-OH is 1. The second-order valence-corrected chi connectivity index (χ2v) is 5.69. The highest BCUT2D eigenvalue weighted by Crippen LogP contribution is 2.26. The number of hydrogen-bond acceptors (Lipinski definition) is 5. The Morgan fingerprint density at radius 1 is 1.58 bits per heavy atom. The quantitative estimate of drug-likeness (QED) is 0.834. The second kappa shape index (κ2) is 5.86. The molecule has 2 unspecified atom stereocenters. The summed E-state index contributed by atoms with van der Waals surface area (Å²) in [4.78, 5) is 8.77. The highest BCUT2D eigenvalue weighted by molar-refractivity contribution is 5.44. The highest BCUT2D eigenvalue weighted by atomic mass is 16.3. The number of hydrogen-bond donors (Lipinski definition) is 2. The molecule has 0 saturated carbocycles. The SMILES string of the molecule is C[C@H](N)c1ccnc(N2CC(O)CC2CN(C)C)c1. The van der Waals surface area contributed by atoms with Gasteiger partial charge in [-0.15, -0.1) is 0 Å². The van der Waals surface area contributed by atoms with Gasteiger partial charge in [0.05, 0.1) is 6.10 Å². The van der Waals surface area contributed by atoms with Crippen molar-refractivity contribution in [2.45, 2.75) is 31.5 Å². The predicted molar refractivity (Wildman–Crippen MR) is 77.2 cm³/mol. The number of nitrogens with zero attached hydrogens (tertiary/aromatic N) is 3. The van der Waals surface area contributed by atoms with E-state index in [0.717, 1.165) is 24.3 Å². The van der Waals surface area contributed by atoms with Crippen molar-refractivity contribution in [2.75, 3.05) is 32.1 Å². The molecule has 1 saturated heterocycles. The first kappa shape index (κ1) is 14.2. The van der Waals surface area contributed by atoms with Gasteiger partial charge in [0, 0.05) is 31.4 Å². The van der Waals surface area contributed by atoms with Gasteiger partial charge in [0.1, 0.15) is 5.82 Å². The summed E-state index contributed by atoms with van der Waals surface area (Å²) < 4.78 is 0. The van der Waals surface area contributed by atoms with E-state index in [4.69, 9.17) is 5.73 Å². The Hall–Kier alpha value is -1.17. The second-order valence-electron chi connectivity index (χ2n) is 5.69. The molecular formula is C14H24N4O. The third-order valence-electron chi connectivity index (χ3n) is 3.56. The maximum Gasteiger partial charge on any atom is 0.129 e. The minimum Gasteiger partial charge on any atom is -0.391 e. The molecule has 0 aliphatic carbocycles. The van der Waals surface area contributed by atoms with Gasteiger partial charge in [-0.25, -0.2) is 4.98 Å². The molecular weight excluding hydrogens is 240 g/mol. The fourth-order valence-corrected chi connectivity index (χ4v) is 2.64. The molecule has 5 nitrogen and oxygen atoms in total. The maximum absolute atomic E-state index is 9.91. The monoisotopic (exact) mass is 264 g/mol. The fraction of sp³-hybridized carbons (Fsp3) is 0.643. The molecule has 0 aromatic carbocycles. The van der Waals surface area contributed by atoms with Gasteiger partial charge in [-0.3, -0.25) is 0 Å². The Bertz CT molecular complexity index is 422. The molecule has 3 atom stereocenters. The molecule has 1 aliphatic heterocycles. The van der Waals surface area contributed by atoms with Crippen LogP contribution in [0.15, 0.2) is 18.3 Å². The zero-order chi connectivity index (χ0) is 14.0. The van der Waals surface area contributed by atoms with Crippen LogP contribution < -0.4 is 10.6 Å². The van der Waals surface area contributed by atoms with Gasteiger partial charge in [0.25, 0.3) is 0 Å². The number of nitrogens with two attached hydrogens (primary N) is 1. The van der Waals surface area contributed by atoms with Gasteiger partial charge in [0.2, 0.25) is 0 Å². The van der Waals surface area contributed by atoms with Crippen LogP contribution in [0, 0.1) is 0 Å². The first-order valence-electron chi connectivity index (χ1n) is 6.78. The summed E-state index contributed by atoms with van der Waals surface area (Å²) >= 11 is 0. The van der Waals surface area contributed by atoms with Crippen molar-refractivity contribution < 1.29 is 5.11 Å². The van der Waals surface area contributed by atoms with Crippen LogP contribution in [0.25, 0.3) is 0 Å². The third kappa shape index (κ3) is 3.43. The summed E-state index contributed by atoms with van der Waals surface area (Å²) in [6, 6.07) is 4.29. The molecule has 2 heterocycles. The van der Waals surface area contributed by atoms with Crippen LogP contribution in [0.2, 0.25) is 0 Å². The number of β-amino-alcohol motifs (C(OH)–C–C–N with tert-alkyl or cyclic N) is 1. The number of rotatable bonds is 4. The van der Waals surface area contributed by atoms with E-state index in [9.17, 15) is 5.11 Å². The summed E-state index contributed by atoms with van der Waals surface area (Å²) in [5.74, 6) is 0.915. The Kier molecular flexibility index (Phi) is 4.39. The van der Waals surface area contributed by atoms with E-state index < -0.39 is 0 Å². The van der Waals surface area contributed by atoms with Crippen LogP contribution in [-0.2, 0) is 0 Å². The van der Waals surface area contributed by atoms with Crippen molar-refractivity contribution >= 4 is 5.82 Å². The highest BCUT2D eigenvalue weighted by Gasteiger charge is 2.32. The molecule has 1 aliphatic rings. The minimum atomic E-state index is -0.272. The van der Waals surface area contributed by atoms with Crippen molar-refractivity contribution in [3.05, 3.63) is 23.9 Å². The standard InChI is InChI=1S/C14H24N4O/c1-10(15)11-4-5-16-14(6-11)18-9-13(19)7-12(18)8-17(2)3/h4-6,10,12-13,19H,7-9,15H2,1-3H3/t10-,12?,13?/m0/s1. The lowest BCUT2D eigenvalue weighted by Gasteiger charge is -2.28. The molecule has 5 heteroatoms. The topological polar surface area (TPSA) is 65.6 Å². The molecule has 0 bridgehead atoms. The number of aliphatic hydroxyl groups is 1. The van der Waals surface area contributed by atoms with E-state index in [1.165, 1.54) is 0 Å². The van der Waals surface area contributed by atoms with Gasteiger partial charge >= 0.3 is 0 Å². The summed E-state index contributed by atoms with van der Waals surface area (Å²) in [5.41, 5.74) is 7.00. The van der Waals surface area contributed by atoms with Crippen LogP contribution in [0.4, 0.5) is 5.82 Å². The molecule has 1 aromatic heterocycles. The van der Waals surface area contributed by atoms with Crippen molar-refractivity contribution in [2.24, 2.45) is 5.73 Å². The van der Waals surface area contributed by atoms with Crippen molar-refractivity contribution in [1.82, 2.24) is 9.88 Å². The first-order valence-corrected chi connectivity index (χ1v) is 6.78. The average Bonchev–Trinajstić information content (AvgIpc) is 2.69. The van der Waals surface area contributed by atoms with Crippen LogP contribution in [0.1, 0.15) is 24.9 Å². The molecule has 0 spiro atoms. The number of aromatic nitrogens is 1. The summed E-state index contributed by atoms with van der Waals surface area (Å²) in [5, 5.41) is 9.91. The molecule has 2 rings (SSSR count). The zero-order valence-corrected chi connectivity index (χ0v) is 12.0. The average molecular weight is 264 g/mol. The molecule has 1 aromatic rings. The van der Waals surface area contributed by atoms with E-state index in [-0.39, 0.29) is 12.1 Å².